The molecule has 1 amide bonds. The molecule has 7 heteroatoms. The van der Waals surface area contributed by atoms with Crippen molar-refractivity contribution in [3.05, 3.63) is 30.1 Å². The maximum absolute atomic E-state index is 13.8. The Kier molecular flexibility index (Phi) is 3.71. The monoisotopic (exact) mass is 312 g/mol. The van der Waals surface area contributed by atoms with Gasteiger partial charge in [-0.15, -0.1) is 0 Å². The molecule has 0 aromatic heterocycles. The van der Waals surface area contributed by atoms with Crippen LogP contribution < -0.4 is 5.32 Å². The average molecular weight is 312 g/mol. The van der Waals surface area contributed by atoms with Crippen molar-refractivity contribution in [1.82, 2.24) is 9.62 Å². The van der Waals surface area contributed by atoms with Crippen molar-refractivity contribution in [3.63, 3.8) is 0 Å². The van der Waals surface area contributed by atoms with Crippen molar-refractivity contribution < 1.29 is 17.6 Å². The van der Waals surface area contributed by atoms with Crippen LogP contribution in [0.3, 0.4) is 0 Å². The normalized spacial score (nSPS) is 23.2. The lowest BCUT2D eigenvalue weighted by Gasteiger charge is -2.23. The highest BCUT2D eigenvalue weighted by Gasteiger charge is 2.41. The van der Waals surface area contributed by atoms with Gasteiger partial charge in [-0.05, 0) is 37.8 Å². The van der Waals surface area contributed by atoms with Crippen molar-refractivity contribution >= 4 is 15.9 Å². The highest BCUT2D eigenvalue weighted by molar-refractivity contribution is 7.89. The second-order valence-electron chi connectivity index (χ2n) is 5.49. The van der Waals surface area contributed by atoms with Crippen molar-refractivity contribution in [3.8, 4) is 0 Å². The van der Waals surface area contributed by atoms with E-state index in [0.717, 1.165) is 23.2 Å². The fraction of sp³-hybridized carbons (Fsp3) is 0.500. The number of nitrogens with zero attached hydrogens (tertiary/aromatic N) is 1. The molecule has 1 aliphatic carbocycles. The third-order valence-corrected chi connectivity index (χ3v) is 5.79. The van der Waals surface area contributed by atoms with Crippen LogP contribution in [0.1, 0.15) is 25.7 Å². The van der Waals surface area contributed by atoms with Crippen LogP contribution in [0.25, 0.3) is 0 Å². The number of hydrogen-bond donors (Lipinski definition) is 1. The summed E-state index contributed by atoms with van der Waals surface area (Å²) in [5.74, 6) is -1.05. The van der Waals surface area contributed by atoms with E-state index in [-0.39, 0.29) is 23.4 Å². The molecule has 114 valence electrons. The van der Waals surface area contributed by atoms with Crippen LogP contribution in [0, 0.1) is 5.82 Å². The van der Waals surface area contributed by atoms with Crippen LogP contribution in [0.5, 0.6) is 0 Å². The van der Waals surface area contributed by atoms with Crippen molar-refractivity contribution in [2.24, 2.45) is 0 Å². The summed E-state index contributed by atoms with van der Waals surface area (Å²) < 4.78 is 40.1. The summed E-state index contributed by atoms with van der Waals surface area (Å²) in [5, 5.41) is 2.83. The summed E-state index contributed by atoms with van der Waals surface area (Å²) in [6, 6.07) is 4.72. The van der Waals surface area contributed by atoms with Gasteiger partial charge in [-0.25, -0.2) is 12.8 Å². The highest BCUT2D eigenvalue weighted by Crippen LogP contribution is 2.28. The van der Waals surface area contributed by atoms with E-state index in [1.807, 2.05) is 0 Å². The average Bonchev–Trinajstić information content (AvgIpc) is 3.10. The first-order valence-corrected chi connectivity index (χ1v) is 8.51. The Hall–Kier alpha value is -1.47. The van der Waals surface area contributed by atoms with Gasteiger partial charge in [0.25, 0.3) is 0 Å². The molecule has 0 spiro atoms. The lowest BCUT2D eigenvalue weighted by atomic mass is 10.2. The lowest BCUT2D eigenvalue weighted by molar-refractivity contribution is -0.124. The molecule has 3 rings (SSSR count). The maximum Gasteiger partial charge on any atom is 0.246 e. The van der Waals surface area contributed by atoms with Crippen LogP contribution in [-0.4, -0.2) is 37.3 Å². The molecule has 1 aromatic rings. The standard InChI is InChI=1S/C14H17FN2O3S/c15-11-4-1-2-6-13(11)21(19,20)17-9-3-5-12(17)14(18)16-10-7-8-10/h1-2,4,6,10,12H,3,5,7-9H2,(H,16,18). The van der Waals surface area contributed by atoms with Crippen molar-refractivity contribution in [2.45, 2.75) is 42.7 Å². The van der Waals surface area contributed by atoms with E-state index < -0.39 is 21.9 Å². The van der Waals surface area contributed by atoms with Gasteiger partial charge < -0.3 is 5.32 Å². The van der Waals surface area contributed by atoms with Crippen molar-refractivity contribution in [2.75, 3.05) is 6.54 Å². The summed E-state index contributed by atoms with van der Waals surface area (Å²) in [4.78, 5) is 11.8. The van der Waals surface area contributed by atoms with Gasteiger partial charge >= 0.3 is 0 Å². The Morgan fingerprint density at radius 1 is 1.24 bits per heavy atom. The van der Waals surface area contributed by atoms with E-state index in [1.54, 1.807) is 0 Å². The number of sulfonamides is 1. The molecule has 2 aliphatic rings. The fourth-order valence-corrected chi connectivity index (χ4v) is 4.32. The Bertz CT molecular complexity index is 658. The zero-order chi connectivity index (χ0) is 15.0. The minimum atomic E-state index is -3.98. The van der Waals surface area contributed by atoms with Gasteiger partial charge in [0.2, 0.25) is 15.9 Å². The van der Waals surface area contributed by atoms with Crippen LogP contribution in [0.15, 0.2) is 29.2 Å². The van der Waals surface area contributed by atoms with Crippen LogP contribution in [0.2, 0.25) is 0 Å². The van der Waals surface area contributed by atoms with E-state index in [4.69, 9.17) is 0 Å². The number of amides is 1. The van der Waals surface area contributed by atoms with Gasteiger partial charge in [0, 0.05) is 12.6 Å². The summed E-state index contributed by atoms with van der Waals surface area (Å²) in [6.45, 7) is 0.249. The molecule has 1 saturated heterocycles. The summed E-state index contributed by atoms with van der Waals surface area (Å²) >= 11 is 0. The van der Waals surface area contributed by atoms with E-state index in [1.165, 1.54) is 18.2 Å². The molecule has 1 N–H and O–H groups in total. The largest absolute Gasteiger partial charge is 0.352 e. The first-order chi connectivity index (χ1) is 10.00. The zero-order valence-electron chi connectivity index (χ0n) is 11.5. The van der Waals surface area contributed by atoms with E-state index >= 15 is 0 Å². The van der Waals surface area contributed by atoms with Crippen molar-refractivity contribution in [1.29, 1.82) is 0 Å². The van der Waals surface area contributed by atoms with E-state index in [9.17, 15) is 17.6 Å². The minimum Gasteiger partial charge on any atom is -0.352 e. The number of hydrogen-bond acceptors (Lipinski definition) is 3. The molecule has 1 unspecified atom stereocenters. The zero-order valence-corrected chi connectivity index (χ0v) is 12.3. The first-order valence-electron chi connectivity index (χ1n) is 7.07. The number of nitrogens with one attached hydrogen (secondary N) is 1. The summed E-state index contributed by atoms with van der Waals surface area (Å²) in [5.41, 5.74) is 0. The molecule has 1 aromatic carbocycles. The number of rotatable bonds is 4. The van der Waals surface area contributed by atoms with Crippen LogP contribution in [0.4, 0.5) is 4.39 Å². The Morgan fingerprint density at radius 3 is 2.62 bits per heavy atom. The number of benzene rings is 1. The third kappa shape index (κ3) is 2.80. The minimum absolute atomic E-state index is 0.177. The molecule has 5 nitrogen and oxygen atoms in total. The summed E-state index contributed by atoms with van der Waals surface area (Å²) in [6.07, 6.45) is 2.97. The van der Waals surface area contributed by atoms with Gasteiger partial charge in [-0.3, -0.25) is 4.79 Å². The highest BCUT2D eigenvalue weighted by atomic mass is 32.2. The predicted molar refractivity (Wildman–Crippen MR) is 74.5 cm³/mol. The van der Waals surface area contributed by atoms with Gasteiger partial charge in [-0.1, -0.05) is 12.1 Å². The number of carbonyl (C=O) groups excluding carboxylic acids is 1. The van der Waals surface area contributed by atoms with Gasteiger partial charge in [0.1, 0.15) is 16.8 Å². The number of halogens is 1. The van der Waals surface area contributed by atoms with Gasteiger partial charge in [0.15, 0.2) is 0 Å². The van der Waals surface area contributed by atoms with Crippen LogP contribution in [-0.2, 0) is 14.8 Å². The molecular weight excluding hydrogens is 295 g/mol. The second-order valence-corrected chi connectivity index (χ2v) is 7.35. The number of carbonyl (C=O) groups is 1. The summed E-state index contributed by atoms with van der Waals surface area (Å²) in [7, 11) is -3.98. The second kappa shape index (κ2) is 5.38. The third-order valence-electron chi connectivity index (χ3n) is 3.85. The Labute approximate surface area is 123 Å². The van der Waals surface area contributed by atoms with E-state index in [0.29, 0.717) is 12.8 Å². The molecule has 0 radical (unpaired) electrons. The molecule has 1 saturated carbocycles. The Morgan fingerprint density at radius 2 is 1.95 bits per heavy atom. The molecule has 2 fully saturated rings. The molecule has 21 heavy (non-hydrogen) atoms. The molecule has 0 bridgehead atoms. The van der Waals surface area contributed by atoms with Gasteiger partial charge in [0.05, 0.1) is 0 Å². The smallest absolute Gasteiger partial charge is 0.246 e. The fourth-order valence-electron chi connectivity index (χ4n) is 2.60. The molecule has 1 atom stereocenters. The Balaban J connectivity index is 1.86. The van der Waals surface area contributed by atoms with Crippen LogP contribution >= 0.6 is 0 Å². The molecular formula is C14H17FN2O3S. The SMILES string of the molecule is O=C(NC1CC1)C1CCCN1S(=O)(=O)c1ccccc1F. The molecule has 1 heterocycles. The van der Waals surface area contributed by atoms with E-state index in [2.05, 4.69) is 5.32 Å². The lowest BCUT2D eigenvalue weighted by Crippen LogP contribution is -2.46. The molecule has 1 aliphatic heterocycles. The first kappa shape index (κ1) is 14.5. The topological polar surface area (TPSA) is 66.5 Å². The maximum atomic E-state index is 13.8. The van der Waals surface area contributed by atoms with Gasteiger partial charge in [-0.2, -0.15) is 4.31 Å². The quantitative estimate of drug-likeness (QED) is 0.910. The predicted octanol–water partition coefficient (Wildman–Crippen LogP) is 1.26.